The van der Waals surface area contributed by atoms with Crippen LogP contribution in [0.4, 0.5) is 17.1 Å². The van der Waals surface area contributed by atoms with Gasteiger partial charge in [0.25, 0.3) is 5.91 Å². The highest BCUT2D eigenvalue weighted by Crippen LogP contribution is 2.25. The number of anilines is 3. The lowest BCUT2D eigenvalue weighted by Gasteiger charge is -2.10. The van der Waals surface area contributed by atoms with Crippen molar-refractivity contribution in [1.29, 1.82) is 0 Å². The normalized spacial score (nSPS) is 10.3. The smallest absolute Gasteiger partial charge is 0.251 e. The molecule has 0 saturated heterocycles. The molecule has 6 heteroatoms. The summed E-state index contributed by atoms with van der Waals surface area (Å²) in [4.78, 5) is 11.8. The van der Waals surface area contributed by atoms with Gasteiger partial charge in [-0.1, -0.05) is 0 Å². The second-order valence-electron chi connectivity index (χ2n) is 4.59. The molecule has 2 aromatic rings. The van der Waals surface area contributed by atoms with Gasteiger partial charge in [-0.15, -0.1) is 0 Å². The van der Waals surface area contributed by atoms with Gasteiger partial charge in [0.1, 0.15) is 0 Å². The van der Waals surface area contributed by atoms with E-state index >= 15 is 0 Å². The van der Waals surface area contributed by atoms with E-state index in [1.165, 1.54) is 0 Å². The van der Waals surface area contributed by atoms with Gasteiger partial charge in [0.15, 0.2) is 0 Å². The van der Waals surface area contributed by atoms with E-state index < -0.39 is 0 Å². The van der Waals surface area contributed by atoms with Crippen LogP contribution in [-0.4, -0.2) is 22.2 Å². The Bertz CT molecular complexity index is 632. The van der Waals surface area contributed by atoms with Gasteiger partial charge in [0.2, 0.25) is 0 Å². The van der Waals surface area contributed by atoms with Crippen molar-refractivity contribution >= 4 is 23.0 Å². The minimum absolute atomic E-state index is 0.113. The summed E-state index contributed by atoms with van der Waals surface area (Å²) in [7, 11) is 1.85. The molecule has 1 aromatic carbocycles. The van der Waals surface area contributed by atoms with E-state index in [-0.39, 0.29) is 5.91 Å². The zero-order valence-corrected chi connectivity index (χ0v) is 11.9. The first kappa shape index (κ1) is 13.9. The Kier molecular flexibility index (Phi) is 3.93. The summed E-state index contributed by atoms with van der Waals surface area (Å²) in [5.74, 6) is -0.113. The minimum Gasteiger partial charge on any atom is -0.397 e. The van der Waals surface area contributed by atoms with Crippen LogP contribution in [0.1, 0.15) is 23.0 Å². The Balaban J connectivity index is 2.29. The van der Waals surface area contributed by atoms with E-state index in [4.69, 9.17) is 5.73 Å². The molecule has 0 fully saturated rings. The Morgan fingerprint density at radius 1 is 1.40 bits per heavy atom. The third-order valence-electron chi connectivity index (χ3n) is 2.94. The summed E-state index contributed by atoms with van der Waals surface area (Å²) in [6.45, 7) is 4.38. The lowest BCUT2D eigenvalue weighted by atomic mass is 10.1. The molecule has 0 atom stereocenters. The number of carbonyl (C=O) groups excluding carboxylic acids is 1. The summed E-state index contributed by atoms with van der Waals surface area (Å²) >= 11 is 0. The number of nitrogens with zero attached hydrogens (tertiary/aromatic N) is 2. The monoisotopic (exact) mass is 273 g/mol. The number of nitrogens with one attached hydrogen (secondary N) is 2. The Hall–Kier alpha value is -2.50. The van der Waals surface area contributed by atoms with Gasteiger partial charge >= 0.3 is 0 Å². The summed E-state index contributed by atoms with van der Waals surface area (Å²) < 4.78 is 1.72. The summed E-state index contributed by atoms with van der Waals surface area (Å²) in [6.07, 6.45) is 1.87. The highest BCUT2D eigenvalue weighted by Gasteiger charge is 2.10. The molecule has 4 N–H and O–H groups in total. The van der Waals surface area contributed by atoms with Gasteiger partial charge in [-0.05, 0) is 32.0 Å². The fourth-order valence-corrected chi connectivity index (χ4v) is 1.94. The number of carbonyl (C=O) groups is 1. The molecule has 1 heterocycles. The van der Waals surface area contributed by atoms with Crippen molar-refractivity contribution in [3.8, 4) is 0 Å². The molecule has 20 heavy (non-hydrogen) atoms. The van der Waals surface area contributed by atoms with Crippen molar-refractivity contribution in [3.63, 3.8) is 0 Å². The highest BCUT2D eigenvalue weighted by molar-refractivity contribution is 5.96. The van der Waals surface area contributed by atoms with Crippen LogP contribution < -0.4 is 16.4 Å². The van der Waals surface area contributed by atoms with Crippen molar-refractivity contribution in [2.45, 2.75) is 13.8 Å². The zero-order valence-electron chi connectivity index (χ0n) is 11.9. The van der Waals surface area contributed by atoms with Gasteiger partial charge in [-0.25, -0.2) is 0 Å². The van der Waals surface area contributed by atoms with E-state index in [9.17, 15) is 4.79 Å². The van der Waals surface area contributed by atoms with Crippen LogP contribution in [0.15, 0.2) is 24.4 Å². The van der Waals surface area contributed by atoms with E-state index in [0.29, 0.717) is 23.5 Å². The Morgan fingerprint density at radius 3 is 2.75 bits per heavy atom. The first-order valence-electron chi connectivity index (χ1n) is 6.46. The van der Waals surface area contributed by atoms with Crippen molar-refractivity contribution in [3.05, 3.63) is 35.7 Å². The molecule has 0 bridgehead atoms. The van der Waals surface area contributed by atoms with Crippen molar-refractivity contribution in [1.82, 2.24) is 15.1 Å². The molecule has 0 radical (unpaired) electrons. The molecule has 0 unspecified atom stereocenters. The van der Waals surface area contributed by atoms with Gasteiger partial charge in [-0.3, -0.25) is 9.48 Å². The second-order valence-corrected chi connectivity index (χ2v) is 4.59. The lowest BCUT2D eigenvalue weighted by Crippen LogP contribution is -2.22. The highest BCUT2D eigenvalue weighted by atomic mass is 16.1. The predicted octanol–water partition coefficient (Wildman–Crippen LogP) is 1.80. The quantitative estimate of drug-likeness (QED) is 0.742. The van der Waals surface area contributed by atoms with Crippen molar-refractivity contribution in [2.24, 2.45) is 7.05 Å². The fourth-order valence-electron chi connectivity index (χ4n) is 1.94. The van der Waals surface area contributed by atoms with Gasteiger partial charge in [0.05, 0.1) is 22.8 Å². The number of nitrogen functional groups attached to an aromatic ring is 1. The number of nitrogens with two attached hydrogens (primary N) is 1. The number of amides is 1. The molecule has 6 nitrogen and oxygen atoms in total. The van der Waals surface area contributed by atoms with Crippen LogP contribution in [0, 0.1) is 6.92 Å². The number of aryl methyl sites for hydroxylation is 2. The van der Waals surface area contributed by atoms with E-state index in [2.05, 4.69) is 15.7 Å². The number of rotatable bonds is 4. The molecule has 0 aliphatic heterocycles. The maximum absolute atomic E-state index is 11.8. The fraction of sp³-hybridized carbons (Fsp3) is 0.286. The molecule has 0 saturated carbocycles. The van der Waals surface area contributed by atoms with Gasteiger partial charge < -0.3 is 16.4 Å². The molecular formula is C14H19N5O. The molecule has 0 aliphatic carbocycles. The third kappa shape index (κ3) is 2.90. The van der Waals surface area contributed by atoms with Crippen LogP contribution >= 0.6 is 0 Å². The molecular weight excluding hydrogens is 254 g/mol. The van der Waals surface area contributed by atoms with Gasteiger partial charge in [-0.2, -0.15) is 5.10 Å². The molecule has 1 amide bonds. The second kappa shape index (κ2) is 5.64. The minimum atomic E-state index is -0.113. The average Bonchev–Trinajstić information content (AvgIpc) is 2.70. The number of benzene rings is 1. The predicted molar refractivity (Wildman–Crippen MR) is 80.1 cm³/mol. The number of aromatic nitrogens is 2. The average molecular weight is 273 g/mol. The number of hydrogen-bond acceptors (Lipinski definition) is 4. The van der Waals surface area contributed by atoms with Crippen LogP contribution in [0.5, 0.6) is 0 Å². The molecule has 1 aromatic heterocycles. The zero-order chi connectivity index (χ0) is 14.7. The Morgan fingerprint density at radius 2 is 2.15 bits per heavy atom. The van der Waals surface area contributed by atoms with E-state index in [1.54, 1.807) is 22.9 Å². The van der Waals surface area contributed by atoms with Crippen LogP contribution in [0.3, 0.4) is 0 Å². The molecule has 2 rings (SSSR count). The van der Waals surface area contributed by atoms with Crippen molar-refractivity contribution < 1.29 is 4.79 Å². The lowest BCUT2D eigenvalue weighted by molar-refractivity contribution is 0.0956. The molecule has 0 spiro atoms. The maximum Gasteiger partial charge on any atom is 0.251 e. The Labute approximate surface area is 118 Å². The van der Waals surface area contributed by atoms with Crippen LogP contribution in [-0.2, 0) is 7.05 Å². The van der Waals surface area contributed by atoms with Crippen LogP contribution in [0.2, 0.25) is 0 Å². The first-order valence-corrected chi connectivity index (χ1v) is 6.46. The first-order chi connectivity index (χ1) is 9.51. The van der Waals surface area contributed by atoms with Crippen LogP contribution in [0.25, 0.3) is 0 Å². The van der Waals surface area contributed by atoms with Crippen molar-refractivity contribution in [2.75, 3.05) is 17.6 Å². The van der Waals surface area contributed by atoms with E-state index in [0.717, 1.165) is 11.4 Å². The van der Waals surface area contributed by atoms with E-state index in [1.807, 2.05) is 27.1 Å². The largest absolute Gasteiger partial charge is 0.397 e. The number of hydrogen-bond donors (Lipinski definition) is 3. The summed E-state index contributed by atoms with van der Waals surface area (Å²) in [6, 6.07) is 5.17. The molecule has 0 aliphatic rings. The third-order valence-corrected chi connectivity index (χ3v) is 2.94. The SMILES string of the molecule is CCNC(=O)c1ccc(N)c(Nc2cn(C)nc2C)c1. The summed E-state index contributed by atoms with van der Waals surface area (Å²) in [5.41, 5.74) is 9.54. The van der Waals surface area contributed by atoms with Gasteiger partial charge in [0, 0.05) is 25.4 Å². The summed E-state index contributed by atoms with van der Waals surface area (Å²) in [5, 5.41) is 10.2. The topological polar surface area (TPSA) is 85.0 Å². The molecule has 106 valence electrons. The maximum atomic E-state index is 11.8. The standard InChI is InChI=1S/C14H19N5O/c1-4-16-14(20)10-5-6-11(15)12(7-10)17-13-8-19(3)18-9(13)2/h5-8,17H,4,15H2,1-3H3,(H,16,20).